The number of benzene rings is 1. The number of rotatable bonds is 6. The Hall–Kier alpha value is -3.86. The van der Waals surface area contributed by atoms with Crippen LogP contribution < -0.4 is 20.9 Å². The number of hydrogen-bond acceptors (Lipinski definition) is 8. The van der Waals surface area contributed by atoms with Crippen LogP contribution in [0.5, 0.6) is 0 Å². The van der Waals surface area contributed by atoms with Crippen molar-refractivity contribution >= 4 is 28.7 Å². The molecule has 3 saturated heterocycles. The Morgan fingerprint density at radius 2 is 1.92 bits per heavy atom. The summed E-state index contributed by atoms with van der Waals surface area (Å²) in [6, 6.07) is 6.69. The highest BCUT2D eigenvalue weighted by atomic mass is 19.3. The second kappa shape index (κ2) is 12.8. The first-order valence-corrected chi connectivity index (χ1v) is 17.7. The number of halogens is 3. The van der Waals surface area contributed by atoms with Gasteiger partial charge < -0.3 is 20.9 Å². The Morgan fingerprint density at radius 1 is 1.12 bits per heavy atom. The Bertz CT molecular complexity index is 1780. The number of likely N-dealkylation sites (tertiary alicyclic amines) is 2. The van der Waals surface area contributed by atoms with Crippen LogP contribution in [0.1, 0.15) is 60.1 Å². The molecule has 5 aliphatic rings. The topological polar surface area (TPSA) is 93.1 Å². The Balaban J connectivity index is 0.940. The number of piperidine rings is 3. The molecular formula is C36H44F3N9O. The second-order valence-corrected chi connectivity index (χ2v) is 14.4. The van der Waals surface area contributed by atoms with E-state index in [1.54, 1.807) is 11.9 Å². The number of imidazole rings is 1. The van der Waals surface area contributed by atoms with E-state index in [4.69, 9.17) is 5.10 Å². The van der Waals surface area contributed by atoms with E-state index in [0.29, 0.717) is 55.0 Å². The highest BCUT2D eigenvalue weighted by molar-refractivity contribution is 5.94. The number of alkyl halides is 3. The smallest absolute Gasteiger partial charge is 0.275 e. The molecule has 4 aliphatic heterocycles. The normalized spacial score (nSPS) is 26.3. The van der Waals surface area contributed by atoms with E-state index >= 15 is 8.78 Å². The minimum atomic E-state index is -2.77. The molecule has 1 aliphatic carbocycles. The monoisotopic (exact) mass is 675 g/mol. The van der Waals surface area contributed by atoms with Crippen molar-refractivity contribution in [3.8, 4) is 11.8 Å². The molecule has 1 unspecified atom stereocenters. The maximum absolute atomic E-state index is 15.5. The summed E-state index contributed by atoms with van der Waals surface area (Å²) < 4.78 is 46.1. The summed E-state index contributed by atoms with van der Waals surface area (Å²) >= 11 is 0. The van der Waals surface area contributed by atoms with Crippen LogP contribution in [0, 0.1) is 17.3 Å². The van der Waals surface area contributed by atoms with E-state index < -0.39 is 30.1 Å². The van der Waals surface area contributed by atoms with E-state index in [1.165, 1.54) is 10.7 Å². The fraction of sp³-hybridized carbons (Fsp3) is 0.583. The van der Waals surface area contributed by atoms with Gasteiger partial charge in [0, 0.05) is 43.9 Å². The minimum Gasteiger partial charge on any atom is -0.385 e. The van der Waals surface area contributed by atoms with Crippen LogP contribution in [0.2, 0.25) is 0 Å². The Labute approximate surface area is 284 Å². The molecule has 10 nitrogen and oxygen atoms in total. The molecule has 4 fully saturated rings. The predicted molar refractivity (Wildman–Crippen MR) is 182 cm³/mol. The molecule has 1 saturated carbocycles. The molecule has 13 heteroatoms. The zero-order valence-electron chi connectivity index (χ0n) is 28.0. The molecule has 3 N–H and O–H groups in total. The quantitative estimate of drug-likeness (QED) is 0.340. The number of nitrogens with one attached hydrogen (secondary N) is 3. The molecule has 0 radical (unpaired) electrons. The first-order chi connectivity index (χ1) is 23.7. The number of carbonyl (C=O) groups is 1. The number of hydrogen-bond donors (Lipinski definition) is 3. The predicted octanol–water partition coefficient (Wildman–Crippen LogP) is 3.83. The van der Waals surface area contributed by atoms with E-state index in [9.17, 15) is 9.18 Å². The van der Waals surface area contributed by atoms with Crippen LogP contribution in [0.3, 0.4) is 0 Å². The molecule has 2 aromatic heterocycles. The third-order valence-electron chi connectivity index (χ3n) is 11.4. The van der Waals surface area contributed by atoms with Gasteiger partial charge in [-0.05, 0) is 87.8 Å². The third kappa shape index (κ3) is 6.23. The average Bonchev–Trinajstić information content (AvgIpc) is 3.44. The fourth-order valence-corrected chi connectivity index (χ4v) is 8.37. The van der Waals surface area contributed by atoms with Gasteiger partial charge in [-0.15, -0.1) is 5.10 Å². The van der Waals surface area contributed by atoms with Gasteiger partial charge in [-0.25, -0.2) is 22.7 Å². The lowest BCUT2D eigenvalue weighted by Crippen LogP contribution is -2.60. The van der Waals surface area contributed by atoms with Crippen LogP contribution in [-0.4, -0.2) is 114 Å². The summed E-state index contributed by atoms with van der Waals surface area (Å²) in [5.74, 6) is 3.94. The van der Waals surface area contributed by atoms with Gasteiger partial charge >= 0.3 is 0 Å². The maximum Gasteiger partial charge on any atom is 0.275 e. The number of aromatic nitrogens is 3. The third-order valence-corrected chi connectivity index (χ3v) is 11.4. The van der Waals surface area contributed by atoms with E-state index in [0.717, 1.165) is 75.1 Å². The van der Waals surface area contributed by atoms with Gasteiger partial charge in [0.25, 0.3) is 11.8 Å². The van der Waals surface area contributed by atoms with Crippen molar-refractivity contribution < 1.29 is 18.0 Å². The summed E-state index contributed by atoms with van der Waals surface area (Å²) in [5.41, 5.74) is 4.71. The molecule has 3 atom stereocenters. The summed E-state index contributed by atoms with van der Waals surface area (Å²) in [6.45, 7) is 4.95. The van der Waals surface area contributed by atoms with E-state index in [-0.39, 0.29) is 12.2 Å². The van der Waals surface area contributed by atoms with Crippen molar-refractivity contribution in [2.24, 2.45) is 5.41 Å². The average molecular weight is 676 g/mol. The number of amides is 1. The molecule has 1 spiro atoms. The van der Waals surface area contributed by atoms with Crippen molar-refractivity contribution in [3.05, 3.63) is 47.3 Å². The molecule has 1 amide bonds. The first kappa shape index (κ1) is 32.4. The lowest BCUT2D eigenvalue weighted by molar-refractivity contribution is -0.134. The van der Waals surface area contributed by atoms with Gasteiger partial charge in [-0.2, -0.15) is 0 Å². The molecule has 0 bridgehead atoms. The zero-order chi connectivity index (χ0) is 33.8. The zero-order valence-corrected chi connectivity index (χ0v) is 28.0. The highest BCUT2D eigenvalue weighted by Gasteiger charge is 2.49. The summed E-state index contributed by atoms with van der Waals surface area (Å²) in [4.78, 5) is 23.3. The second-order valence-electron chi connectivity index (χ2n) is 14.4. The largest absolute Gasteiger partial charge is 0.385 e. The highest BCUT2D eigenvalue weighted by Crippen LogP contribution is 2.42. The van der Waals surface area contributed by atoms with Gasteiger partial charge in [0.1, 0.15) is 6.17 Å². The Morgan fingerprint density at radius 3 is 2.65 bits per heavy atom. The van der Waals surface area contributed by atoms with E-state index in [2.05, 4.69) is 42.6 Å². The first-order valence-electron chi connectivity index (χ1n) is 17.7. The van der Waals surface area contributed by atoms with Crippen molar-refractivity contribution in [1.29, 1.82) is 0 Å². The van der Waals surface area contributed by atoms with Crippen LogP contribution in [0.25, 0.3) is 5.65 Å². The van der Waals surface area contributed by atoms with Gasteiger partial charge in [-0.1, -0.05) is 17.9 Å². The van der Waals surface area contributed by atoms with Crippen LogP contribution in [0.4, 0.5) is 30.4 Å². The van der Waals surface area contributed by atoms with Crippen LogP contribution >= 0.6 is 0 Å². The molecule has 6 heterocycles. The van der Waals surface area contributed by atoms with Crippen molar-refractivity contribution in [1.82, 2.24) is 35.0 Å². The van der Waals surface area contributed by atoms with Gasteiger partial charge in [0.05, 0.1) is 37.1 Å². The van der Waals surface area contributed by atoms with Crippen LogP contribution in [-0.2, 0) is 6.42 Å². The summed E-state index contributed by atoms with van der Waals surface area (Å²) in [7, 11) is 1.78. The molecule has 3 aromatic rings. The van der Waals surface area contributed by atoms with Gasteiger partial charge in [-0.3, -0.25) is 14.6 Å². The number of nitrogens with zero attached hydrogens (tertiary/aromatic N) is 6. The van der Waals surface area contributed by atoms with Crippen molar-refractivity contribution in [2.75, 3.05) is 69.6 Å². The molecule has 1 aromatic carbocycles. The SMILES string of the molecule is CNc1cc(N2CCc3c(C#CCN4CCC(N5CCC6(CCNCC6)CC5)C(F)(F)C4)cccc32)nn2c(C(=O)N[C@@H]3C[C@@H]3F)cnc12. The lowest BCUT2D eigenvalue weighted by atomic mass is 9.71. The van der Waals surface area contributed by atoms with Crippen LogP contribution in [0.15, 0.2) is 30.5 Å². The number of fused-ring (bicyclic) bond motifs is 2. The molecule has 8 rings (SSSR count). The summed E-state index contributed by atoms with van der Waals surface area (Å²) in [5, 5.41) is 14.1. The molecule has 49 heavy (non-hydrogen) atoms. The molecular weight excluding hydrogens is 631 g/mol. The van der Waals surface area contributed by atoms with Gasteiger partial charge in [0.2, 0.25) is 0 Å². The van der Waals surface area contributed by atoms with Crippen molar-refractivity contribution in [2.45, 2.75) is 69.1 Å². The number of carbonyl (C=O) groups excluding carboxylic acids is 1. The summed E-state index contributed by atoms with van der Waals surface area (Å²) in [6.07, 6.45) is 6.35. The number of anilines is 3. The lowest BCUT2D eigenvalue weighted by Gasteiger charge is -2.49. The standard InChI is InChI=1S/C36H44F3N9O/c1-40-28-21-32(44-48-30(22-42-33(28)48)34(49)43-27-20-26(27)37)47-17-7-25-24(4-2-6-29(25)47)5-3-15-45-16-8-31(36(38,39)23-45)46-18-11-35(12-19-46)9-13-41-14-10-35/h2,4,6,21-22,26-27,31,40-41H,7-20,23H2,1H3,(H,43,49)/t26-,27+,31?/m0/s1. The van der Waals surface area contributed by atoms with E-state index in [1.807, 2.05) is 24.3 Å². The minimum absolute atomic E-state index is 0.239. The van der Waals surface area contributed by atoms with Crippen molar-refractivity contribution in [3.63, 3.8) is 0 Å². The fourth-order valence-electron chi connectivity index (χ4n) is 8.37. The maximum atomic E-state index is 15.5. The Kier molecular flexibility index (Phi) is 8.44. The molecule has 260 valence electrons. The van der Waals surface area contributed by atoms with Gasteiger partial charge in [0.15, 0.2) is 17.2 Å².